The van der Waals surface area contributed by atoms with Gasteiger partial charge in [-0.15, -0.1) is 0 Å². The van der Waals surface area contributed by atoms with Gasteiger partial charge in [-0.25, -0.2) is 0 Å². The van der Waals surface area contributed by atoms with Crippen LogP contribution in [0.1, 0.15) is 50.8 Å². The Kier molecular flexibility index (Phi) is 7.99. The predicted octanol–water partition coefficient (Wildman–Crippen LogP) is 4.02. The van der Waals surface area contributed by atoms with Gasteiger partial charge in [0.2, 0.25) is 0 Å². The van der Waals surface area contributed by atoms with Crippen molar-refractivity contribution in [2.75, 3.05) is 13.2 Å². The molecule has 0 radical (unpaired) electrons. The Morgan fingerprint density at radius 3 is 2.56 bits per heavy atom. The molecule has 1 aliphatic heterocycles. The summed E-state index contributed by atoms with van der Waals surface area (Å²) in [6, 6.07) is 9.58. The van der Waals surface area contributed by atoms with Crippen molar-refractivity contribution in [2.45, 2.75) is 69.3 Å². The number of hydrogen-bond acceptors (Lipinski definition) is 6. The molecule has 9 heteroatoms. The number of nitrogens with one attached hydrogen (secondary N) is 1. The van der Waals surface area contributed by atoms with E-state index in [4.69, 9.17) is 14.2 Å². The maximum atomic E-state index is 13.0. The number of H-pyrrole nitrogens is 1. The number of ether oxygens (including phenoxy) is 3. The molecule has 2 fully saturated rings. The molecule has 2 aromatic heterocycles. The number of para-hydroxylation sites is 2. The Morgan fingerprint density at radius 2 is 1.85 bits per heavy atom. The van der Waals surface area contributed by atoms with Crippen LogP contribution in [-0.2, 0) is 26.4 Å². The maximum absolute atomic E-state index is 13.0. The van der Waals surface area contributed by atoms with E-state index in [1.807, 2.05) is 37.3 Å². The van der Waals surface area contributed by atoms with Crippen molar-refractivity contribution in [3.8, 4) is 5.75 Å². The number of aromatic nitrogens is 3. The number of imidazole rings is 1. The van der Waals surface area contributed by atoms with Crippen molar-refractivity contribution in [1.82, 2.24) is 15.0 Å². The first kappa shape index (κ1) is 25.9. The van der Waals surface area contributed by atoms with E-state index < -0.39 is 17.0 Å². The van der Waals surface area contributed by atoms with Gasteiger partial charge in [-0.2, -0.15) is 4.98 Å². The normalized spacial score (nSPS) is 20.7. The molecule has 5 rings (SSSR count). The Labute approximate surface area is 225 Å². The van der Waals surface area contributed by atoms with Crippen molar-refractivity contribution < 1.29 is 18.8 Å². The SMILES string of the molecule is Cc1c(OC2CCC3(CC2)OCC(C)(C)CO3)ccnc1C[S+]([O-])c1nc2ccccc2[nH]1.[NaH]. The summed E-state index contributed by atoms with van der Waals surface area (Å²) in [6.07, 6.45) is 5.26. The van der Waals surface area contributed by atoms with Crippen LogP contribution in [0.25, 0.3) is 11.0 Å². The molecule has 1 unspecified atom stereocenters. The molecule has 178 valence electrons. The summed E-state index contributed by atoms with van der Waals surface area (Å²) < 4.78 is 31.6. The zero-order valence-corrected chi connectivity index (χ0v) is 20.2. The molecule has 1 spiro atoms. The number of hydrogen-bond donors (Lipinski definition) is 1. The van der Waals surface area contributed by atoms with E-state index in [2.05, 4.69) is 28.8 Å². The van der Waals surface area contributed by atoms with E-state index >= 15 is 0 Å². The van der Waals surface area contributed by atoms with Crippen molar-refractivity contribution >= 4 is 51.8 Å². The molecule has 1 aliphatic carbocycles. The first-order chi connectivity index (χ1) is 15.8. The van der Waals surface area contributed by atoms with Crippen LogP contribution >= 0.6 is 0 Å². The molecule has 1 atom stereocenters. The fraction of sp³-hybridized carbons (Fsp3) is 0.520. The van der Waals surface area contributed by atoms with E-state index in [1.54, 1.807) is 6.20 Å². The molecule has 3 aromatic rings. The summed E-state index contributed by atoms with van der Waals surface area (Å²) in [7, 11) is 0. The van der Waals surface area contributed by atoms with Gasteiger partial charge in [0.25, 0.3) is 0 Å². The number of fused-ring (bicyclic) bond motifs is 1. The van der Waals surface area contributed by atoms with Crippen LogP contribution in [0, 0.1) is 12.3 Å². The van der Waals surface area contributed by atoms with Gasteiger partial charge < -0.3 is 18.8 Å². The fourth-order valence-electron chi connectivity index (χ4n) is 4.42. The Balaban J connectivity index is 0.00000274. The summed E-state index contributed by atoms with van der Waals surface area (Å²) in [5.41, 5.74) is 3.46. The van der Waals surface area contributed by atoms with E-state index in [1.165, 1.54) is 0 Å². The van der Waals surface area contributed by atoms with Crippen LogP contribution in [0.4, 0.5) is 0 Å². The molecule has 1 N–H and O–H groups in total. The average molecular weight is 494 g/mol. The van der Waals surface area contributed by atoms with Gasteiger partial charge >= 0.3 is 34.7 Å². The third kappa shape index (κ3) is 5.64. The number of pyridine rings is 1. The fourth-order valence-corrected chi connectivity index (χ4v) is 5.52. The van der Waals surface area contributed by atoms with E-state index in [0.717, 1.165) is 66.9 Å². The average Bonchev–Trinajstić information content (AvgIpc) is 3.25. The molecule has 7 nitrogen and oxygen atoms in total. The zero-order valence-electron chi connectivity index (χ0n) is 19.4. The molecular weight excluding hydrogens is 461 g/mol. The quantitative estimate of drug-likeness (QED) is 0.426. The topological polar surface area (TPSA) is 92.3 Å². The molecule has 0 amide bonds. The second-order valence-electron chi connectivity index (χ2n) is 9.90. The summed E-state index contributed by atoms with van der Waals surface area (Å²) in [5.74, 6) is 0.639. The van der Waals surface area contributed by atoms with E-state index in [-0.39, 0.29) is 46.8 Å². The van der Waals surface area contributed by atoms with Crippen LogP contribution in [0.3, 0.4) is 0 Å². The van der Waals surface area contributed by atoms with Gasteiger partial charge in [0.1, 0.15) is 5.75 Å². The third-order valence-electron chi connectivity index (χ3n) is 6.55. The standard InChI is InChI=1S/C25H31N3O4S.Na.H/c1-17-21(14-33(29)23-27-19-6-4-5-7-20(19)28-23)26-13-10-22(17)32-18-8-11-25(12-9-18)30-15-24(2,3)16-31-25;;/h4-7,10,13,18H,8-9,11-12,14-16H2,1-3H3,(H,27,28);;. The molecule has 2 aliphatic rings. The van der Waals surface area contributed by atoms with Crippen molar-refractivity contribution in [3.05, 3.63) is 47.8 Å². The summed E-state index contributed by atoms with van der Waals surface area (Å²) >= 11 is -1.32. The second kappa shape index (κ2) is 10.5. The van der Waals surface area contributed by atoms with E-state index in [9.17, 15) is 4.55 Å². The Bertz CT molecular complexity index is 1090. The third-order valence-corrected chi connectivity index (χ3v) is 7.71. The zero-order chi connectivity index (χ0) is 23.1. The number of rotatable bonds is 5. The minimum atomic E-state index is -1.32. The monoisotopic (exact) mass is 493 g/mol. The van der Waals surface area contributed by atoms with Gasteiger partial charge in [0.05, 0.1) is 36.0 Å². The first-order valence-corrected chi connectivity index (χ1v) is 12.9. The molecule has 1 saturated heterocycles. The predicted molar refractivity (Wildman–Crippen MR) is 134 cm³/mol. The Hall–Kier alpha value is -1.13. The molecule has 3 heterocycles. The molecule has 1 aromatic carbocycles. The number of nitrogens with zero attached hydrogens (tertiary/aromatic N) is 2. The second-order valence-corrected chi connectivity index (χ2v) is 11.3. The van der Waals surface area contributed by atoms with Crippen LogP contribution in [-0.4, -0.2) is 74.2 Å². The van der Waals surface area contributed by atoms with Crippen molar-refractivity contribution in [1.29, 1.82) is 0 Å². The summed E-state index contributed by atoms with van der Waals surface area (Å²) in [5, 5.41) is 0.469. The van der Waals surface area contributed by atoms with E-state index in [0.29, 0.717) is 5.16 Å². The van der Waals surface area contributed by atoms with Crippen LogP contribution in [0.2, 0.25) is 0 Å². The number of benzene rings is 1. The van der Waals surface area contributed by atoms with Gasteiger partial charge in [-0.1, -0.05) is 26.0 Å². The molecule has 0 bridgehead atoms. The minimum absolute atomic E-state index is 0. The van der Waals surface area contributed by atoms with Gasteiger partial charge in [0.15, 0.2) is 11.5 Å². The number of aromatic amines is 1. The van der Waals surface area contributed by atoms with Crippen LogP contribution in [0.5, 0.6) is 5.75 Å². The summed E-state index contributed by atoms with van der Waals surface area (Å²) in [6.45, 7) is 7.77. The van der Waals surface area contributed by atoms with Crippen molar-refractivity contribution in [2.24, 2.45) is 5.41 Å². The van der Waals surface area contributed by atoms with Gasteiger partial charge in [-0.05, 0) is 38.0 Å². The van der Waals surface area contributed by atoms with Crippen LogP contribution in [0.15, 0.2) is 41.7 Å². The van der Waals surface area contributed by atoms with Crippen molar-refractivity contribution in [3.63, 3.8) is 0 Å². The van der Waals surface area contributed by atoms with Gasteiger partial charge in [-0.3, -0.25) is 9.97 Å². The molecule has 34 heavy (non-hydrogen) atoms. The summed E-state index contributed by atoms with van der Waals surface area (Å²) in [4.78, 5) is 12.1. The van der Waals surface area contributed by atoms with Gasteiger partial charge in [0, 0.05) is 41.2 Å². The van der Waals surface area contributed by atoms with Crippen LogP contribution < -0.4 is 4.74 Å². The molecular formula is C25H32N3NaO4S. The Morgan fingerprint density at radius 1 is 1.15 bits per heavy atom. The first-order valence-electron chi connectivity index (χ1n) is 11.5. The molecule has 1 saturated carbocycles.